The van der Waals surface area contributed by atoms with E-state index in [1.54, 1.807) is 6.07 Å². The van der Waals surface area contributed by atoms with Crippen LogP contribution in [0.4, 0.5) is 3.89 Å². The molecular weight excluding hydrogens is 258 g/mol. The van der Waals surface area contributed by atoms with Crippen molar-refractivity contribution >= 4 is 22.8 Å². The molecule has 0 amide bonds. The summed E-state index contributed by atoms with van der Waals surface area (Å²) < 4.78 is 46.2. The lowest BCUT2D eigenvalue weighted by Gasteiger charge is -2.33. The Balaban J connectivity index is 2.30. The second kappa shape index (κ2) is 4.64. The molecule has 4 nitrogen and oxygen atoms in total. The molecule has 0 bridgehead atoms. The fourth-order valence-electron chi connectivity index (χ4n) is 1.77. The molecule has 0 aromatic heterocycles. The third-order valence-electron chi connectivity index (χ3n) is 2.69. The van der Waals surface area contributed by atoms with Crippen LogP contribution in [0.25, 0.3) is 0 Å². The van der Waals surface area contributed by atoms with Gasteiger partial charge in [-0.3, -0.25) is 0 Å². The largest absolute Gasteiger partial charge is 0.495 e. The molecule has 1 aromatic carbocycles. The quantitative estimate of drug-likeness (QED) is 0.598. The first-order valence-electron chi connectivity index (χ1n) is 5.56. The minimum Gasteiger partial charge on any atom is -0.407 e. The van der Waals surface area contributed by atoms with E-state index >= 15 is 0 Å². The Morgan fingerprint density at radius 2 is 1.78 bits per heavy atom. The van der Waals surface area contributed by atoms with Crippen molar-refractivity contribution in [3.8, 4) is 0 Å². The summed E-state index contributed by atoms with van der Waals surface area (Å²) in [7, 11) is -5.61. The summed E-state index contributed by atoms with van der Waals surface area (Å²) in [5, 5.41) is 0. The molecule has 1 aliphatic heterocycles. The van der Waals surface area contributed by atoms with Crippen molar-refractivity contribution in [1.29, 1.82) is 0 Å². The van der Waals surface area contributed by atoms with Crippen LogP contribution in [-0.2, 0) is 19.5 Å². The SMILES string of the molecule is CC1(C)COB(c2ccccc2S(=O)(=O)F)OC1. The van der Waals surface area contributed by atoms with Gasteiger partial charge in [0.25, 0.3) is 0 Å². The van der Waals surface area contributed by atoms with Crippen molar-refractivity contribution in [3.63, 3.8) is 0 Å². The van der Waals surface area contributed by atoms with Crippen LogP contribution in [0.5, 0.6) is 0 Å². The monoisotopic (exact) mass is 272 g/mol. The molecule has 0 radical (unpaired) electrons. The number of halogens is 1. The molecule has 1 aliphatic rings. The summed E-state index contributed by atoms with van der Waals surface area (Å²) in [4.78, 5) is -0.394. The zero-order chi connectivity index (χ0) is 13.4. The molecular formula is C11H14BFO4S. The summed E-state index contributed by atoms with van der Waals surface area (Å²) in [6, 6.07) is 5.78. The fraction of sp³-hybridized carbons (Fsp3) is 0.455. The summed E-state index contributed by atoms with van der Waals surface area (Å²) in [6.07, 6.45) is 0. The van der Waals surface area contributed by atoms with Crippen molar-refractivity contribution in [2.24, 2.45) is 5.41 Å². The number of rotatable bonds is 2. The first-order valence-corrected chi connectivity index (χ1v) is 6.95. The average molecular weight is 272 g/mol. The summed E-state index contributed by atoms with van der Waals surface area (Å²) >= 11 is 0. The normalized spacial score (nSPS) is 19.8. The highest BCUT2D eigenvalue weighted by Crippen LogP contribution is 2.22. The van der Waals surface area contributed by atoms with E-state index in [0.29, 0.717) is 13.2 Å². The molecule has 1 saturated heterocycles. The summed E-state index contributed by atoms with van der Waals surface area (Å²) in [5.41, 5.74) is 0.0792. The van der Waals surface area contributed by atoms with E-state index in [9.17, 15) is 12.3 Å². The van der Waals surface area contributed by atoms with E-state index in [2.05, 4.69) is 0 Å². The van der Waals surface area contributed by atoms with Crippen molar-refractivity contribution in [2.75, 3.05) is 13.2 Å². The van der Waals surface area contributed by atoms with Gasteiger partial charge < -0.3 is 9.31 Å². The highest BCUT2D eigenvalue weighted by molar-refractivity contribution is 7.86. The molecule has 0 aliphatic carbocycles. The lowest BCUT2D eigenvalue weighted by molar-refractivity contribution is 0.0341. The molecule has 0 saturated carbocycles. The van der Waals surface area contributed by atoms with Crippen molar-refractivity contribution in [3.05, 3.63) is 24.3 Å². The molecule has 0 atom stereocenters. The minimum absolute atomic E-state index is 0.125. The van der Waals surface area contributed by atoms with E-state index in [1.165, 1.54) is 18.2 Å². The fourth-order valence-corrected chi connectivity index (χ4v) is 2.46. The summed E-state index contributed by atoms with van der Waals surface area (Å²) in [5.74, 6) is 0. The molecule has 1 heterocycles. The van der Waals surface area contributed by atoms with E-state index < -0.39 is 22.2 Å². The molecule has 0 N–H and O–H groups in total. The zero-order valence-electron chi connectivity index (χ0n) is 10.2. The van der Waals surface area contributed by atoms with Crippen LogP contribution in [0.2, 0.25) is 0 Å². The standard InChI is InChI=1S/C11H14BFO4S/c1-11(2)7-16-12(17-8-11)9-5-3-4-6-10(9)18(13,14)15/h3-6H,7-8H2,1-2H3. The first-order chi connectivity index (χ1) is 8.30. The smallest absolute Gasteiger partial charge is 0.407 e. The maximum absolute atomic E-state index is 13.1. The Morgan fingerprint density at radius 1 is 1.22 bits per heavy atom. The number of hydrogen-bond donors (Lipinski definition) is 0. The molecule has 98 valence electrons. The van der Waals surface area contributed by atoms with Crippen molar-refractivity contribution < 1.29 is 21.6 Å². The Kier molecular flexibility index (Phi) is 3.48. The maximum Gasteiger partial charge on any atom is 0.495 e. The Morgan fingerprint density at radius 3 is 2.33 bits per heavy atom. The molecule has 0 spiro atoms. The van der Waals surface area contributed by atoms with Crippen LogP contribution >= 0.6 is 0 Å². The van der Waals surface area contributed by atoms with E-state index in [0.717, 1.165) is 0 Å². The molecule has 18 heavy (non-hydrogen) atoms. The van der Waals surface area contributed by atoms with Gasteiger partial charge in [0.15, 0.2) is 0 Å². The minimum atomic E-state index is -4.77. The predicted octanol–water partition coefficient (Wildman–Crippen LogP) is 1.11. The van der Waals surface area contributed by atoms with E-state index in [4.69, 9.17) is 9.31 Å². The van der Waals surface area contributed by atoms with Gasteiger partial charge in [-0.1, -0.05) is 32.0 Å². The van der Waals surface area contributed by atoms with Gasteiger partial charge in [-0.15, -0.1) is 3.89 Å². The second-order valence-electron chi connectivity index (χ2n) is 5.09. The molecule has 1 fully saturated rings. The van der Waals surface area contributed by atoms with Gasteiger partial charge in [0.1, 0.15) is 0 Å². The van der Waals surface area contributed by atoms with Crippen LogP contribution in [0.3, 0.4) is 0 Å². The van der Waals surface area contributed by atoms with Crippen LogP contribution in [0.1, 0.15) is 13.8 Å². The second-order valence-corrected chi connectivity index (χ2v) is 6.41. The van der Waals surface area contributed by atoms with Crippen LogP contribution < -0.4 is 5.46 Å². The van der Waals surface area contributed by atoms with Crippen LogP contribution in [-0.4, -0.2) is 28.7 Å². The Hall–Kier alpha value is -0.915. The summed E-state index contributed by atoms with van der Waals surface area (Å²) in [6.45, 7) is 4.80. The zero-order valence-corrected chi connectivity index (χ0v) is 11.0. The molecule has 2 rings (SSSR count). The number of hydrogen-bond acceptors (Lipinski definition) is 4. The van der Waals surface area contributed by atoms with Gasteiger partial charge in [-0.05, 0) is 6.07 Å². The Bertz CT molecular complexity index is 534. The van der Waals surface area contributed by atoms with Gasteiger partial charge in [0.2, 0.25) is 0 Å². The average Bonchev–Trinajstić information content (AvgIpc) is 2.28. The van der Waals surface area contributed by atoms with E-state index in [1.807, 2.05) is 13.8 Å². The van der Waals surface area contributed by atoms with Gasteiger partial charge >= 0.3 is 17.3 Å². The van der Waals surface area contributed by atoms with Gasteiger partial charge in [0, 0.05) is 24.1 Å². The van der Waals surface area contributed by atoms with Gasteiger partial charge in [0.05, 0.1) is 4.90 Å². The third kappa shape index (κ3) is 2.91. The number of benzene rings is 1. The highest BCUT2D eigenvalue weighted by Gasteiger charge is 2.36. The lowest BCUT2D eigenvalue weighted by atomic mass is 9.76. The topological polar surface area (TPSA) is 52.6 Å². The Labute approximate surface area is 106 Å². The van der Waals surface area contributed by atoms with Gasteiger partial charge in [-0.25, -0.2) is 0 Å². The van der Waals surface area contributed by atoms with Crippen LogP contribution in [0, 0.1) is 5.41 Å². The third-order valence-corrected chi connectivity index (χ3v) is 3.58. The first kappa shape index (κ1) is 13.5. The van der Waals surface area contributed by atoms with Crippen LogP contribution in [0.15, 0.2) is 29.2 Å². The highest BCUT2D eigenvalue weighted by atomic mass is 32.3. The van der Waals surface area contributed by atoms with Crippen molar-refractivity contribution in [2.45, 2.75) is 18.7 Å². The molecule has 0 unspecified atom stereocenters. The lowest BCUT2D eigenvalue weighted by Crippen LogP contribution is -2.48. The van der Waals surface area contributed by atoms with Crippen molar-refractivity contribution in [1.82, 2.24) is 0 Å². The molecule has 1 aromatic rings. The maximum atomic E-state index is 13.1. The predicted molar refractivity (Wildman–Crippen MR) is 65.8 cm³/mol. The van der Waals surface area contributed by atoms with Gasteiger partial charge in [-0.2, -0.15) is 8.42 Å². The van der Waals surface area contributed by atoms with E-state index in [-0.39, 0.29) is 10.9 Å². The molecule has 7 heteroatoms.